The maximum absolute atomic E-state index is 12.4. The molecular formula is C12H16F2N2O2S. The standard InChI is InChI=1S/C12H16F2N2O2S/c13-12(14)19(17,18)11-5-3-10(4-6-11)16(8-7-15)9-1-2-9/h3-6,9,12H,1-2,7-8,15H2. The molecule has 0 saturated heterocycles. The molecule has 1 aliphatic rings. The number of halogens is 2. The molecule has 1 aliphatic carbocycles. The number of nitrogens with two attached hydrogens (primary N) is 1. The minimum atomic E-state index is -4.51. The van der Waals surface area contributed by atoms with Crippen molar-refractivity contribution in [2.24, 2.45) is 5.73 Å². The summed E-state index contributed by atoms with van der Waals surface area (Å²) in [5, 5.41) is 0. The third kappa shape index (κ3) is 3.03. The lowest BCUT2D eigenvalue weighted by Gasteiger charge is -2.24. The fourth-order valence-corrected chi connectivity index (χ4v) is 2.70. The molecule has 0 bridgehead atoms. The molecule has 1 saturated carbocycles. The van der Waals surface area contributed by atoms with Crippen LogP contribution < -0.4 is 10.6 Å². The fraction of sp³-hybridized carbons (Fsp3) is 0.500. The topological polar surface area (TPSA) is 63.4 Å². The Hall–Kier alpha value is -1.21. The van der Waals surface area contributed by atoms with Gasteiger partial charge in [0.15, 0.2) is 0 Å². The summed E-state index contributed by atoms with van der Waals surface area (Å²) in [7, 11) is -4.51. The first-order valence-electron chi connectivity index (χ1n) is 6.05. The highest BCUT2D eigenvalue weighted by atomic mass is 32.2. The summed E-state index contributed by atoms with van der Waals surface area (Å²) in [6, 6.07) is 6.00. The van der Waals surface area contributed by atoms with Gasteiger partial charge in [0.25, 0.3) is 0 Å². The number of hydrogen-bond donors (Lipinski definition) is 1. The molecule has 0 heterocycles. The van der Waals surface area contributed by atoms with Crippen LogP contribution in [0, 0.1) is 0 Å². The third-order valence-electron chi connectivity index (χ3n) is 3.09. The van der Waals surface area contributed by atoms with Crippen LogP contribution in [0.4, 0.5) is 14.5 Å². The average molecular weight is 290 g/mol. The van der Waals surface area contributed by atoms with Gasteiger partial charge in [-0.25, -0.2) is 8.42 Å². The number of anilines is 1. The van der Waals surface area contributed by atoms with Gasteiger partial charge in [-0.15, -0.1) is 0 Å². The molecule has 1 aromatic carbocycles. The quantitative estimate of drug-likeness (QED) is 0.864. The zero-order chi connectivity index (χ0) is 14.0. The van der Waals surface area contributed by atoms with Gasteiger partial charge in [0.1, 0.15) is 0 Å². The summed E-state index contributed by atoms with van der Waals surface area (Å²) in [5.41, 5.74) is 6.36. The van der Waals surface area contributed by atoms with E-state index in [0.717, 1.165) is 18.5 Å². The zero-order valence-corrected chi connectivity index (χ0v) is 11.1. The highest BCUT2D eigenvalue weighted by molar-refractivity contribution is 7.91. The zero-order valence-electron chi connectivity index (χ0n) is 10.3. The molecule has 1 aromatic rings. The molecule has 0 unspecified atom stereocenters. The molecule has 1 fully saturated rings. The van der Waals surface area contributed by atoms with Crippen LogP contribution in [-0.2, 0) is 9.84 Å². The summed E-state index contributed by atoms with van der Waals surface area (Å²) < 4.78 is 47.4. The summed E-state index contributed by atoms with van der Waals surface area (Å²) >= 11 is 0. The van der Waals surface area contributed by atoms with Gasteiger partial charge in [-0.2, -0.15) is 8.78 Å². The number of rotatable bonds is 6. The Labute approximate surface area is 111 Å². The predicted molar refractivity (Wildman–Crippen MR) is 69.1 cm³/mol. The molecule has 0 aliphatic heterocycles. The van der Waals surface area contributed by atoms with Gasteiger partial charge in [0.05, 0.1) is 4.90 Å². The Kier molecular flexibility index (Phi) is 4.05. The highest BCUT2D eigenvalue weighted by Crippen LogP contribution is 2.32. The lowest BCUT2D eigenvalue weighted by molar-refractivity contribution is 0.234. The largest absolute Gasteiger partial charge is 0.367 e. The van der Waals surface area contributed by atoms with E-state index >= 15 is 0 Å². The first kappa shape index (κ1) is 14.2. The lowest BCUT2D eigenvalue weighted by atomic mass is 10.3. The maximum atomic E-state index is 12.4. The van der Waals surface area contributed by atoms with Crippen molar-refractivity contribution in [3.63, 3.8) is 0 Å². The smallest absolute Gasteiger partial charge is 0.341 e. The Morgan fingerprint density at radius 1 is 1.26 bits per heavy atom. The van der Waals surface area contributed by atoms with Crippen LogP contribution in [0.25, 0.3) is 0 Å². The van der Waals surface area contributed by atoms with Crippen LogP contribution in [0.3, 0.4) is 0 Å². The first-order valence-corrected chi connectivity index (χ1v) is 7.60. The van der Waals surface area contributed by atoms with Crippen LogP contribution in [0.1, 0.15) is 12.8 Å². The SMILES string of the molecule is NCCN(c1ccc(S(=O)(=O)C(F)F)cc1)C1CC1. The molecule has 7 heteroatoms. The summed E-state index contributed by atoms with van der Waals surface area (Å²) in [5.74, 6) is -3.39. The number of benzene rings is 1. The second-order valence-electron chi connectivity index (χ2n) is 4.51. The van der Waals surface area contributed by atoms with Gasteiger partial charge >= 0.3 is 5.76 Å². The Balaban J connectivity index is 2.22. The molecule has 0 aromatic heterocycles. The number of nitrogens with zero attached hydrogens (tertiary/aromatic N) is 1. The van der Waals surface area contributed by atoms with Crippen LogP contribution in [0.15, 0.2) is 29.2 Å². The Morgan fingerprint density at radius 3 is 2.26 bits per heavy atom. The van der Waals surface area contributed by atoms with E-state index < -0.39 is 15.6 Å². The molecule has 0 atom stereocenters. The lowest BCUT2D eigenvalue weighted by Crippen LogP contribution is -2.31. The van der Waals surface area contributed by atoms with E-state index in [-0.39, 0.29) is 4.90 Å². The Bertz CT molecular complexity index is 527. The maximum Gasteiger partial charge on any atom is 0.341 e. The van der Waals surface area contributed by atoms with E-state index in [9.17, 15) is 17.2 Å². The molecule has 0 radical (unpaired) electrons. The third-order valence-corrected chi connectivity index (χ3v) is 4.49. The molecule has 2 rings (SSSR count). The van der Waals surface area contributed by atoms with E-state index in [4.69, 9.17) is 5.73 Å². The van der Waals surface area contributed by atoms with Crippen LogP contribution in [-0.4, -0.2) is 33.3 Å². The van der Waals surface area contributed by atoms with E-state index in [1.54, 1.807) is 12.1 Å². The van der Waals surface area contributed by atoms with Gasteiger partial charge in [-0.05, 0) is 37.1 Å². The fourth-order valence-electron chi connectivity index (χ4n) is 1.98. The minimum absolute atomic E-state index is 0.352. The van der Waals surface area contributed by atoms with Crippen LogP contribution in [0.5, 0.6) is 0 Å². The van der Waals surface area contributed by atoms with Crippen molar-refractivity contribution >= 4 is 15.5 Å². The summed E-state index contributed by atoms with van der Waals surface area (Å²) in [4.78, 5) is 1.73. The van der Waals surface area contributed by atoms with Crippen molar-refractivity contribution < 1.29 is 17.2 Å². The van der Waals surface area contributed by atoms with Crippen molar-refractivity contribution in [1.82, 2.24) is 0 Å². The van der Waals surface area contributed by atoms with Crippen molar-refractivity contribution in [3.8, 4) is 0 Å². The number of alkyl halides is 2. The second kappa shape index (κ2) is 5.42. The summed E-state index contributed by atoms with van der Waals surface area (Å²) in [6.07, 6.45) is 2.16. The minimum Gasteiger partial charge on any atom is -0.367 e. The summed E-state index contributed by atoms with van der Waals surface area (Å²) in [6.45, 7) is 1.17. The van der Waals surface area contributed by atoms with Crippen molar-refractivity contribution in [1.29, 1.82) is 0 Å². The van der Waals surface area contributed by atoms with Crippen molar-refractivity contribution in [3.05, 3.63) is 24.3 Å². The molecule has 106 valence electrons. The highest BCUT2D eigenvalue weighted by Gasteiger charge is 2.30. The molecule has 0 spiro atoms. The van der Waals surface area contributed by atoms with Crippen LogP contribution >= 0.6 is 0 Å². The van der Waals surface area contributed by atoms with Gasteiger partial charge in [-0.1, -0.05) is 0 Å². The van der Waals surface area contributed by atoms with Crippen molar-refractivity contribution in [2.45, 2.75) is 29.5 Å². The van der Waals surface area contributed by atoms with Gasteiger partial charge < -0.3 is 10.6 Å². The molecular weight excluding hydrogens is 274 g/mol. The van der Waals surface area contributed by atoms with Crippen LogP contribution in [0.2, 0.25) is 0 Å². The van der Waals surface area contributed by atoms with Gasteiger partial charge in [0, 0.05) is 24.8 Å². The van der Waals surface area contributed by atoms with E-state index in [1.807, 2.05) is 0 Å². The average Bonchev–Trinajstić information content (AvgIpc) is 3.20. The van der Waals surface area contributed by atoms with E-state index in [1.165, 1.54) is 12.1 Å². The number of hydrogen-bond acceptors (Lipinski definition) is 4. The predicted octanol–water partition coefficient (Wildman–Crippen LogP) is 1.61. The monoisotopic (exact) mass is 290 g/mol. The number of sulfone groups is 1. The first-order chi connectivity index (χ1) is 8.96. The molecule has 0 amide bonds. The second-order valence-corrected chi connectivity index (χ2v) is 6.43. The van der Waals surface area contributed by atoms with Gasteiger partial charge in [0.2, 0.25) is 9.84 Å². The molecule has 2 N–H and O–H groups in total. The van der Waals surface area contributed by atoms with Crippen molar-refractivity contribution in [2.75, 3.05) is 18.0 Å². The Morgan fingerprint density at radius 2 is 1.84 bits per heavy atom. The normalized spacial score (nSPS) is 15.8. The molecule has 19 heavy (non-hydrogen) atoms. The van der Waals surface area contributed by atoms with Gasteiger partial charge in [-0.3, -0.25) is 0 Å². The molecule has 4 nitrogen and oxygen atoms in total. The van der Waals surface area contributed by atoms with E-state index in [0.29, 0.717) is 19.1 Å². The van der Waals surface area contributed by atoms with E-state index in [2.05, 4.69) is 4.90 Å².